The van der Waals surface area contributed by atoms with Crippen molar-refractivity contribution >= 4 is 11.7 Å². The summed E-state index contributed by atoms with van der Waals surface area (Å²) < 4.78 is 5.26. The Morgan fingerprint density at radius 3 is 2.67 bits per heavy atom. The van der Waals surface area contributed by atoms with Crippen LogP contribution in [0.3, 0.4) is 0 Å². The van der Waals surface area contributed by atoms with Crippen molar-refractivity contribution in [2.24, 2.45) is 5.73 Å². The highest BCUT2D eigenvalue weighted by molar-refractivity contribution is 5.96. The summed E-state index contributed by atoms with van der Waals surface area (Å²) in [6.07, 6.45) is -0.0548. The van der Waals surface area contributed by atoms with E-state index in [2.05, 4.69) is 5.32 Å². The van der Waals surface area contributed by atoms with E-state index in [4.69, 9.17) is 10.5 Å². The Kier molecular flexibility index (Phi) is 4.29. The van der Waals surface area contributed by atoms with Crippen LogP contribution < -0.4 is 11.1 Å². The quantitative estimate of drug-likeness (QED) is 0.732. The summed E-state index contributed by atoms with van der Waals surface area (Å²) in [5.41, 5.74) is 5.70. The van der Waals surface area contributed by atoms with Gasteiger partial charge in [-0.3, -0.25) is 9.59 Å². The van der Waals surface area contributed by atoms with E-state index >= 15 is 0 Å². The number of aromatic hydroxyl groups is 1. The normalized spacial score (nSPS) is 26.6. The second-order valence-corrected chi connectivity index (χ2v) is 5.55. The Hall–Kier alpha value is -1.92. The molecule has 0 aromatic heterocycles. The van der Waals surface area contributed by atoms with Crippen LogP contribution in [0.5, 0.6) is 5.75 Å². The third kappa shape index (κ3) is 3.22. The van der Waals surface area contributed by atoms with Gasteiger partial charge in [0.1, 0.15) is 17.9 Å². The molecule has 0 spiro atoms. The molecule has 1 aliphatic rings. The van der Waals surface area contributed by atoms with Crippen molar-refractivity contribution in [3.8, 4) is 5.75 Å². The number of carbonyl (C=O) groups is 2. The van der Waals surface area contributed by atoms with Crippen LogP contribution in [0.15, 0.2) is 24.3 Å². The first-order chi connectivity index (χ1) is 9.83. The van der Waals surface area contributed by atoms with Crippen LogP contribution in [0.1, 0.15) is 19.4 Å². The Morgan fingerprint density at radius 1 is 1.52 bits per heavy atom. The summed E-state index contributed by atoms with van der Waals surface area (Å²) in [5, 5.41) is 11.9. The maximum atomic E-state index is 12.2. The van der Waals surface area contributed by atoms with Crippen molar-refractivity contribution in [3.05, 3.63) is 29.8 Å². The lowest BCUT2D eigenvalue weighted by Gasteiger charge is -2.28. The molecule has 6 nitrogen and oxygen atoms in total. The van der Waals surface area contributed by atoms with Crippen molar-refractivity contribution in [1.82, 2.24) is 5.32 Å². The summed E-state index contributed by atoms with van der Waals surface area (Å²) >= 11 is 0. The smallest absolute Gasteiger partial charge is 0.238 e. The fourth-order valence-electron chi connectivity index (χ4n) is 2.24. The maximum Gasteiger partial charge on any atom is 0.238 e. The van der Waals surface area contributed by atoms with E-state index in [1.807, 2.05) is 0 Å². The molecule has 1 heterocycles. The van der Waals surface area contributed by atoms with E-state index in [-0.39, 0.29) is 24.2 Å². The molecule has 0 radical (unpaired) electrons. The zero-order valence-electron chi connectivity index (χ0n) is 12.1. The number of rotatable bonds is 4. The fraction of sp³-hybridized carbons (Fsp3) is 0.467. The Labute approximate surface area is 123 Å². The fourth-order valence-corrected chi connectivity index (χ4v) is 2.24. The zero-order chi connectivity index (χ0) is 15.6. The molecule has 0 bridgehead atoms. The SMILES string of the molecule is CC1OCC(=O)C1(C)NC(=O)C(N)Cc1ccc(O)cc1. The molecule has 1 saturated heterocycles. The number of phenols is 1. The van der Waals surface area contributed by atoms with Crippen molar-refractivity contribution in [2.75, 3.05) is 6.61 Å². The zero-order valence-corrected chi connectivity index (χ0v) is 12.1. The topological polar surface area (TPSA) is 102 Å². The molecule has 114 valence electrons. The highest BCUT2D eigenvalue weighted by atomic mass is 16.5. The molecule has 0 aliphatic carbocycles. The van der Waals surface area contributed by atoms with Crippen molar-refractivity contribution in [2.45, 2.75) is 38.0 Å². The molecule has 21 heavy (non-hydrogen) atoms. The van der Waals surface area contributed by atoms with Crippen LogP contribution in [0.4, 0.5) is 0 Å². The summed E-state index contributed by atoms with van der Waals surface area (Å²) in [5.74, 6) is -0.386. The van der Waals surface area contributed by atoms with E-state index < -0.39 is 17.5 Å². The van der Waals surface area contributed by atoms with E-state index in [1.165, 1.54) is 12.1 Å². The molecular weight excluding hydrogens is 272 g/mol. The lowest BCUT2D eigenvalue weighted by molar-refractivity contribution is -0.130. The minimum Gasteiger partial charge on any atom is -0.508 e. The Balaban J connectivity index is 1.99. The summed E-state index contributed by atoms with van der Waals surface area (Å²) in [4.78, 5) is 24.0. The predicted molar refractivity (Wildman–Crippen MR) is 76.8 cm³/mol. The maximum absolute atomic E-state index is 12.2. The molecular formula is C15H20N2O4. The Morgan fingerprint density at radius 2 is 2.14 bits per heavy atom. The van der Waals surface area contributed by atoms with Crippen molar-refractivity contribution in [3.63, 3.8) is 0 Å². The van der Waals surface area contributed by atoms with Crippen LogP contribution in [0.2, 0.25) is 0 Å². The molecule has 1 aromatic carbocycles. The van der Waals surface area contributed by atoms with Crippen LogP contribution in [0.25, 0.3) is 0 Å². The lowest BCUT2D eigenvalue weighted by Crippen LogP contribution is -2.59. The third-order valence-electron chi connectivity index (χ3n) is 3.97. The number of carbonyl (C=O) groups excluding carboxylic acids is 2. The number of benzene rings is 1. The van der Waals surface area contributed by atoms with Gasteiger partial charge < -0.3 is 20.9 Å². The van der Waals surface area contributed by atoms with E-state index in [1.54, 1.807) is 26.0 Å². The van der Waals surface area contributed by atoms with Gasteiger partial charge in [0.05, 0.1) is 12.1 Å². The molecule has 1 aromatic rings. The first-order valence-corrected chi connectivity index (χ1v) is 6.83. The number of nitrogens with one attached hydrogen (secondary N) is 1. The highest BCUT2D eigenvalue weighted by Crippen LogP contribution is 2.22. The molecule has 4 N–H and O–H groups in total. The standard InChI is InChI=1S/C15H20N2O4/c1-9-15(2,13(19)8-21-9)17-14(20)12(16)7-10-3-5-11(18)6-4-10/h3-6,9,12,18H,7-8,16H2,1-2H3,(H,17,20). The average Bonchev–Trinajstić information content (AvgIpc) is 2.69. The first kappa shape index (κ1) is 15.5. The van der Waals surface area contributed by atoms with E-state index in [0.717, 1.165) is 5.56 Å². The van der Waals surface area contributed by atoms with Gasteiger partial charge in [-0.1, -0.05) is 12.1 Å². The summed E-state index contributed by atoms with van der Waals surface area (Å²) in [7, 11) is 0. The second kappa shape index (κ2) is 5.83. The first-order valence-electron chi connectivity index (χ1n) is 6.83. The monoisotopic (exact) mass is 292 g/mol. The van der Waals surface area contributed by atoms with Crippen LogP contribution >= 0.6 is 0 Å². The number of phenolic OH excluding ortho intramolecular Hbond substituents is 1. The minimum absolute atomic E-state index is 0.00511. The highest BCUT2D eigenvalue weighted by Gasteiger charge is 2.46. The third-order valence-corrected chi connectivity index (χ3v) is 3.97. The minimum atomic E-state index is -1.02. The van der Waals surface area contributed by atoms with Crippen molar-refractivity contribution < 1.29 is 19.4 Å². The number of ketones is 1. The van der Waals surface area contributed by atoms with Crippen LogP contribution in [0, 0.1) is 0 Å². The number of Topliss-reactive ketones (excluding diaryl/α,β-unsaturated/α-hetero) is 1. The lowest BCUT2D eigenvalue weighted by atomic mass is 9.92. The van der Waals surface area contributed by atoms with Gasteiger partial charge in [-0.25, -0.2) is 0 Å². The van der Waals surface area contributed by atoms with Gasteiger partial charge in [-0.05, 0) is 38.0 Å². The van der Waals surface area contributed by atoms with Gasteiger partial charge in [0.15, 0.2) is 5.78 Å². The largest absolute Gasteiger partial charge is 0.508 e. The molecule has 0 saturated carbocycles. The number of hydrogen-bond donors (Lipinski definition) is 3. The van der Waals surface area contributed by atoms with Crippen LogP contribution in [-0.2, 0) is 20.7 Å². The van der Waals surface area contributed by atoms with Gasteiger partial charge in [-0.15, -0.1) is 0 Å². The van der Waals surface area contributed by atoms with E-state index in [9.17, 15) is 14.7 Å². The van der Waals surface area contributed by atoms with Gasteiger partial charge >= 0.3 is 0 Å². The number of hydrogen-bond acceptors (Lipinski definition) is 5. The van der Waals surface area contributed by atoms with Gasteiger partial charge in [0.2, 0.25) is 5.91 Å². The summed E-state index contributed by atoms with van der Waals surface area (Å²) in [6.45, 7) is 3.40. The van der Waals surface area contributed by atoms with Gasteiger partial charge in [0, 0.05) is 0 Å². The van der Waals surface area contributed by atoms with Gasteiger partial charge in [0.25, 0.3) is 0 Å². The van der Waals surface area contributed by atoms with E-state index in [0.29, 0.717) is 6.42 Å². The second-order valence-electron chi connectivity index (χ2n) is 5.55. The molecule has 1 fully saturated rings. The summed E-state index contributed by atoms with van der Waals surface area (Å²) in [6, 6.07) is 5.72. The number of amides is 1. The molecule has 2 rings (SSSR count). The molecule has 3 unspecified atom stereocenters. The molecule has 3 atom stereocenters. The molecule has 1 amide bonds. The van der Waals surface area contributed by atoms with Crippen molar-refractivity contribution in [1.29, 1.82) is 0 Å². The number of ether oxygens (including phenoxy) is 1. The predicted octanol–water partition coefficient (Wildman–Crippen LogP) is 0.125. The molecule has 1 aliphatic heterocycles. The number of nitrogens with two attached hydrogens (primary N) is 1. The average molecular weight is 292 g/mol. The van der Waals surface area contributed by atoms with Crippen LogP contribution in [-0.4, -0.2) is 41.1 Å². The molecule has 6 heteroatoms. The Bertz CT molecular complexity index is 543. The van der Waals surface area contributed by atoms with Gasteiger partial charge in [-0.2, -0.15) is 0 Å².